The van der Waals surface area contributed by atoms with Crippen LogP contribution in [0, 0.1) is 11.2 Å². The number of carbonyl (C=O) groups is 2. The summed E-state index contributed by atoms with van der Waals surface area (Å²) in [7, 11) is 0. The topological polar surface area (TPSA) is 58.2 Å². The predicted molar refractivity (Wildman–Crippen MR) is 75.3 cm³/mol. The van der Waals surface area contributed by atoms with Gasteiger partial charge in [0.1, 0.15) is 5.82 Å². The Morgan fingerprint density at radius 1 is 1.10 bits per heavy atom. The van der Waals surface area contributed by atoms with E-state index in [1.807, 2.05) is 20.8 Å². The largest absolute Gasteiger partial charge is 0.355 e. The van der Waals surface area contributed by atoms with Gasteiger partial charge in [0, 0.05) is 24.9 Å². The third kappa shape index (κ3) is 5.82. The minimum Gasteiger partial charge on any atom is -0.355 e. The number of carbonyl (C=O) groups excluding carboxylic acids is 2. The maximum atomic E-state index is 12.7. The molecular formula is C15H21FN2O2. The average Bonchev–Trinajstić information content (AvgIpc) is 2.37. The lowest BCUT2D eigenvalue weighted by Gasteiger charge is -2.17. The second kappa shape index (κ2) is 7.03. The van der Waals surface area contributed by atoms with Crippen LogP contribution in [0.5, 0.6) is 0 Å². The minimum absolute atomic E-state index is 0.0798. The van der Waals surface area contributed by atoms with Crippen LogP contribution in [0.1, 0.15) is 32.8 Å². The van der Waals surface area contributed by atoms with Crippen LogP contribution >= 0.6 is 0 Å². The molecule has 0 bridgehead atoms. The molecule has 2 amide bonds. The van der Waals surface area contributed by atoms with E-state index in [-0.39, 0.29) is 24.1 Å². The Morgan fingerprint density at radius 2 is 1.70 bits per heavy atom. The summed E-state index contributed by atoms with van der Waals surface area (Å²) >= 11 is 0. The van der Waals surface area contributed by atoms with E-state index in [1.165, 1.54) is 12.1 Å². The van der Waals surface area contributed by atoms with Crippen LogP contribution in [0.25, 0.3) is 0 Å². The van der Waals surface area contributed by atoms with Crippen molar-refractivity contribution in [1.29, 1.82) is 0 Å². The van der Waals surface area contributed by atoms with Crippen LogP contribution in [0.3, 0.4) is 0 Å². The van der Waals surface area contributed by atoms with E-state index in [2.05, 4.69) is 10.6 Å². The molecule has 2 N–H and O–H groups in total. The average molecular weight is 280 g/mol. The molecule has 5 heteroatoms. The summed E-state index contributed by atoms with van der Waals surface area (Å²) in [6, 6.07) is 5.95. The maximum Gasteiger partial charge on any atom is 0.225 e. The number of amides is 2. The van der Waals surface area contributed by atoms with Gasteiger partial charge in [0.05, 0.1) is 0 Å². The van der Waals surface area contributed by atoms with Crippen LogP contribution < -0.4 is 10.6 Å². The van der Waals surface area contributed by atoms with Gasteiger partial charge < -0.3 is 10.6 Å². The smallest absolute Gasteiger partial charge is 0.225 e. The van der Waals surface area contributed by atoms with E-state index >= 15 is 0 Å². The fourth-order valence-electron chi connectivity index (χ4n) is 1.45. The highest BCUT2D eigenvalue weighted by Crippen LogP contribution is 2.12. The molecule has 1 rings (SSSR count). The Labute approximate surface area is 118 Å². The van der Waals surface area contributed by atoms with Crippen molar-refractivity contribution >= 4 is 11.8 Å². The molecule has 20 heavy (non-hydrogen) atoms. The molecule has 0 unspecified atom stereocenters. The molecule has 1 aromatic rings. The Bertz CT molecular complexity index is 464. The summed E-state index contributed by atoms with van der Waals surface area (Å²) in [6.07, 6.45) is 0.225. The van der Waals surface area contributed by atoms with Crippen molar-refractivity contribution in [2.45, 2.75) is 33.7 Å². The third-order valence-corrected chi connectivity index (χ3v) is 2.72. The fourth-order valence-corrected chi connectivity index (χ4v) is 1.45. The Kier molecular flexibility index (Phi) is 5.67. The SMILES string of the molecule is CC(C)(C)C(=O)NCCC(=O)NCc1ccc(F)cc1. The molecule has 0 fully saturated rings. The number of benzene rings is 1. The van der Waals surface area contributed by atoms with E-state index in [0.29, 0.717) is 13.1 Å². The first-order valence-electron chi connectivity index (χ1n) is 6.58. The van der Waals surface area contributed by atoms with Gasteiger partial charge in [-0.15, -0.1) is 0 Å². The molecule has 0 atom stereocenters. The van der Waals surface area contributed by atoms with Crippen LogP contribution in [0.15, 0.2) is 24.3 Å². The third-order valence-electron chi connectivity index (χ3n) is 2.72. The number of rotatable bonds is 5. The predicted octanol–water partition coefficient (Wildman–Crippen LogP) is 1.99. The summed E-state index contributed by atoms with van der Waals surface area (Å²) in [5.74, 6) is -0.530. The molecule has 110 valence electrons. The van der Waals surface area contributed by atoms with E-state index in [1.54, 1.807) is 12.1 Å². The highest BCUT2D eigenvalue weighted by atomic mass is 19.1. The van der Waals surface area contributed by atoms with Gasteiger partial charge in [-0.1, -0.05) is 32.9 Å². The van der Waals surface area contributed by atoms with Crippen molar-refractivity contribution < 1.29 is 14.0 Å². The highest BCUT2D eigenvalue weighted by Gasteiger charge is 2.20. The molecule has 4 nitrogen and oxygen atoms in total. The maximum absolute atomic E-state index is 12.7. The molecule has 0 aliphatic heterocycles. The van der Waals surface area contributed by atoms with Crippen molar-refractivity contribution in [2.75, 3.05) is 6.54 Å². The molecule has 0 saturated carbocycles. The second-order valence-electron chi connectivity index (χ2n) is 5.66. The normalized spacial score (nSPS) is 11.0. The second-order valence-corrected chi connectivity index (χ2v) is 5.66. The fraction of sp³-hybridized carbons (Fsp3) is 0.467. The zero-order valence-corrected chi connectivity index (χ0v) is 12.1. The molecule has 0 aromatic heterocycles. The number of hydrogen-bond acceptors (Lipinski definition) is 2. The monoisotopic (exact) mass is 280 g/mol. The van der Waals surface area contributed by atoms with Gasteiger partial charge in [0.15, 0.2) is 0 Å². The van der Waals surface area contributed by atoms with Crippen LogP contribution in [0.4, 0.5) is 4.39 Å². The van der Waals surface area contributed by atoms with Gasteiger partial charge in [-0.25, -0.2) is 4.39 Å². The first-order valence-corrected chi connectivity index (χ1v) is 6.58. The van der Waals surface area contributed by atoms with Crippen molar-refractivity contribution in [2.24, 2.45) is 5.41 Å². The van der Waals surface area contributed by atoms with Crippen LogP contribution in [0.2, 0.25) is 0 Å². The zero-order chi connectivity index (χ0) is 15.2. The van der Waals surface area contributed by atoms with E-state index in [9.17, 15) is 14.0 Å². The zero-order valence-electron chi connectivity index (χ0n) is 12.1. The van der Waals surface area contributed by atoms with E-state index in [0.717, 1.165) is 5.56 Å². The molecule has 0 heterocycles. The lowest BCUT2D eigenvalue weighted by Crippen LogP contribution is -2.37. The molecular weight excluding hydrogens is 259 g/mol. The minimum atomic E-state index is -0.454. The number of nitrogens with one attached hydrogen (secondary N) is 2. The Balaban J connectivity index is 2.24. The Hall–Kier alpha value is -1.91. The molecule has 0 aliphatic rings. The summed E-state index contributed by atoms with van der Waals surface area (Å²) in [6.45, 7) is 6.11. The summed E-state index contributed by atoms with van der Waals surface area (Å²) < 4.78 is 12.7. The quantitative estimate of drug-likeness (QED) is 0.866. The number of halogens is 1. The molecule has 0 spiro atoms. The van der Waals surface area contributed by atoms with Gasteiger partial charge in [0.2, 0.25) is 11.8 Å². The van der Waals surface area contributed by atoms with Crippen molar-refractivity contribution in [3.63, 3.8) is 0 Å². The molecule has 0 saturated heterocycles. The highest BCUT2D eigenvalue weighted by molar-refractivity contribution is 5.82. The first-order chi connectivity index (χ1) is 9.29. The first kappa shape index (κ1) is 16.1. The number of hydrogen-bond donors (Lipinski definition) is 2. The van der Waals surface area contributed by atoms with Gasteiger partial charge in [-0.05, 0) is 17.7 Å². The van der Waals surface area contributed by atoms with Crippen LogP contribution in [-0.2, 0) is 16.1 Å². The van der Waals surface area contributed by atoms with Crippen molar-refractivity contribution in [1.82, 2.24) is 10.6 Å². The summed E-state index contributed by atoms with van der Waals surface area (Å²) in [5, 5.41) is 5.43. The summed E-state index contributed by atoms with van der Waals surface area (Å²) in [5.41, 5.74) is 0.378. The van der Waals surface area contributed by atoms with Gasteiger partial charge in [-0.2, -0.15) is 0 Å². The lowest BCUT2D eigenvalue weighted by molar-refractivity contribution is -0.128. The lowest BCUT2D eigenvalue weighted by atomic mass is 9.96. The Morgan fingerprint density at radius 3 is 2.25 bits per heavy atom. The van der Waals surface area contributed by atoms with Crippen molar-refractivity contribution in [3.05, 3.63) is 35.6 Å². The van der Waals surface area contributed by atoms with Crippen LogP contribution in [-0.4, -0.2) is 18.4 Å². The van der Waals surface area contributed by atoms with E-state index in [4.69, 9.17) is 0 Å². The standard InChI is InChI=1S/C15H21FN2O2/c1-15(2,3)14(20)17-9-8-13(19)18-10-11-4-6-12(16)7-5-11/h4-7H,8-10H2,1-3H3,(H,17,20)(H,18,19). The summed E-state index contributed by atoms with van der Waals surface area (Å²) in [4.78, 5) is 23.2. The van der Waals surface area contributed by atoms with Gasteiger partial charge >= 0.3 is 0 Å². The van der Waals surface area contributed by atoms with E-state index < -0.39 is 5.41 Å². The van der Waals surface area contributed by atoms with Crippen molar-refractivity contribution in [3.8, 4) is 0 Å². The molecule has 1 aromatic carbocycles. The van der Waals surface area contributed by atoms with Gasteiger partial charge in [-0.3, -0.25) is 9.59 Å². The molecule has 0 radical (unpaired) electrons. The molecule has 0 aliphatic carbocycles. The van der Waals surface area contributed by atoms with Gasteiger partial charge in [0.25, 0.3) is 0 Å².